The van der Waals surface area contributed by atoms with Gasteiger partial charge in [0.05, 0.1) is 0 Å². The molecule has 6 heteroatoms. The van der Waals surface area contributed by atoms with Gasteiger partial charge in [-0.05, 0) is 49.3 Å². The first kappa shape index (κ1) is 20.6. The van der Waals surface area contributed by atoms with Gasteiger partial charge in [0, 0.05) is 46.2 Å². The highest BCUT2D eigenvalue weighted by atomic mass is 16.2. The number of hydrogen-bond acceptors (Lipinski definition) is 5. The molecule has 1 atom stereocenters. The summed E-state index contributed by atoms with van der Waals surface area (Å²) in [7, 11) is 3.94. The minimum atomic E-state index is 0.167. The number of piperidine rings is 1. The average Bonchev–Trinajstić information content (AvgIpc) is 2.96. The third-order valence-electron chi connectivity index (χ3n) is 6.57. The first-order valence-electron chi connectivity index (χ1n) is 11.2. The van der Waals surface area contributed by atoms with Crippen LogP contribution in [-0.4, -0.2) is 54.7 Å². The van der Waals surface area contributed by atoms with Gasteiger partial charge in [-0.2, -0.15) is 0 Å². The zero-order valence-corrected chi connectivity index (χ0v) is 18.2. The Morgan fingerprint density at radius 3 is 2.37 bits per heavy atom. The van der Waals surface area contributed by atoms with E-state index in [2.05, 4.69) is 50.3 Å². The van der Waals surface area contributed by atoms with Crippen LogP contribution in [0.15, 0.2) is 42.5 Å². The molecule has 2 aliphatic heterocycles. The molecule has 2 aliphatic rings. The first-order chi connectivity index (χ1) is 14.6. The standard InChI is InChI=1S/C24H33N5O/c1-27(2)22-11-12-23(26-25-22)28-16-13-20(14-17-28)21-10-6-7-15-29(24(21)30)18-19-8-4-3-5-9-19/h3-5,8-9,11-12,20-21H,6-7,10,13-18H2,1-2H3. The van der Waals surface area contributed by atoms with Gasteiger partial charge in [0.25, 0.3) is 0 Å². The van der Waals surface area contributed by atoms with Gasteiger partial charge in [0.2, 0.25) is 5.91 Å². The summed E-state index contributed by atoms with van der Waals surface area (Å²) in [6.45, 7) is 3.52. The maximum atomic E-state index is 13.4. The lowest BCUT2D eigenvalue weighted by Gasteiger charge is -2.37. The Balaban J connectivity index is 1.37. The van der Waals surface area contributed by atoms with Crippen molar-refractivity contribution in [3.63, 3.8) is 0 Å². The van der Waals surface area contributed by atoms with Gasteiger partial charge in [-0.25, -0.2) is 0 Å². The van der Waals surface area contributed by atoms with Gasteiger partial charge in [0.15, 0.2) is 11.6 Å². The van der Waals surface area contributed by atoms with Crippen molar-refractivity contribution in [2.24, 2.45) is 11.8 Å². The minimum Gasteiger partial charge on any atom is -0.361 e. The van der Waals surface area contributed by atoms with E-state index in [-0.39, 0.29) is 5.92 Å². The predicted octanol–water partition coefficient (Wildman–Crippen LogP) is 3.59. The van der Waals surface area contributed by atoms with Gasteiger partial charge in [-0.1, -0.05) is 36.8 Å². The van der Waals surface area contributed by atoms with Crippen LogP contribution in [0.2, 0.25) is 0 Å². The Morgan fingerprint density at radius 2 is 1.70 bits per heavy atom. The van der Waals surface area contributed by atoms with Crippen molar-refractivity contribution in [2.75, 3.05) is 43.5 Å². The summed E-state index contributed by atoms with van der Waals surface area (Å²) in [5, 5.41) is 8.72. The maximum absolute atomic E-state index is 13.4. The molecule has 0 aliphatic carbocycles. The van der Waals surface area contributed by atoms with Crippen molar-refractivity contribution in [1.29, 1.82) is 0 Å². The molecule has 1 unspecified atom stereocenters. The van der Waals surface area contributed by atoms with Gasteiger partial charge in [-0.15, -0.1) is 10.2 Å². The summed E-state index contributed by atoms with van der Waals surface area (Å²) >= 11 is 0. The Bertz CT molecular complexity index is 815. The molecule has 2 fully saturated rings. The fraction of sp³-hybridized carbons (Fsp3) is 0.542. The van der Waals surface area contributed by atoms with Crippen molar-refractivity contribution in [1.82, 2.24) is 15.1 Å². The predicted molar refractivity (Wildman–Crippen MR) is 120 cm³/mol. The van der Waals surface area contributed by atoms with Gasteiger partial charge in [0.1, 0.15) is 0 Å². The van der Waals surface area contributed by atoms with Crippen LogP contribution in [0.25, 0.3) is 0 Å². The second-order valence-corrected chi connectivity index (χ2v) is 8.82. The number of amides is 1. The van der Waals surface area contributed by atoms with Crippen LogP contribution >= 0.6 is 0 Å². The third kappa shape index (κ3) is 4.74. The molecule has 0 bridgehead atoms. The summed E-state index contributed by atoms with van der Waals surface area (Å²) in [5.41, 5.74) is 1.22. The Morgan fingerprint density at radius 1 is 0.933 bits per heavy atom. The largest absolute Gasteiger partial charge is 0.361 e. The zero-order chi connectivity index (χ0) is 20.9. The van der Waals surface area contributed by atoms with E-state index in [1.807, 2.05) is 31.1 Å². The van der Waals surface area contributed by atoms with Crippen molar-refractivity contribution in [2.45, 2.75) is 38.6 Å². The molecule has 0 radical (unpaired) electrons. The minimum absolute atomic E-state index is 0.167. The molecule has 1 amide bonds. The van der Waals surface area contributed by atoms with E-state index in [1.165, 1.54) is 5.56 Å². The third-order valence-corrected chi connectivity index (χ3v) is 6.57. The summed E-state index contributed by atoms with van der Waals surface area (Å²) in [6, 6.07) is 14.5. The highest BCUT2D eigenvalue weighted by Crippen LogP contribution is 2.33. The van der Waals surface area contributed by atoms with Crippen molar-refractivity contribution in [3.05, 3.63) is 48.0 Å². The lowest BCUT2D eigenvalue weighted by atomic mass is 9.81. The second-order valence-electron chi connectivity index (χ2n) is 8.82. The van der Waals surface area contributed by atoms with Crippen molar-refractivity contribution < 1.29 is 4.79 Å². The molecule has 1 aromatic carbocycles. The van der Waals surface area contributed by atoms with E-state index in [4.69, 9.17) is 0 Å². The summed E-state index contributed by atoms with van der Waals surface area (Å²) in [5.74, 6) is 2.82. The Kier molecular flexibility index (Phi) is 6.50. The SMILES string of the molecule is CN(C)c1ccc(N2CCC(C3CCCCN(Cc4ccccc4)C3=O)CC2)nn1. The van der Waals surface area contributed by atoms with E-state index in [1.54, 1.807) is 0 Å². The highest BCUT2D eigenvalue weighted by molar-refractivity contribution is 5.79. The summed E-state index contributed by atoms with van der Waals surface area (Å²) in [4.78, 5) is 19.8. The Labute approximate surface area is 179 Å². The molecule has 1 aromatic heterocycles. The molecule has 0 N–H and O–H groups in total. The number of carbonyl (C=O) groups is 1. The Hall–Kier alpha value is -2.63. The molecule has 2 saturated heterocycles. The number of anilines is 2. The average molecular weight is 408 g/mol. The molecule has 0 saturated carbocycles. The second kappa shape index (κ2) is 9.45. The monoisotopic (exact) mass is 407 g/mol. The fourth-order valence-corrected chi connectivity index (χ4v) is 4.79. The van der Waals surface area contributed by atoms with E-state index in [0.717, 1.165) is 69.9 Å². The van der Waals surface area contributed by atoms with Crippen LogP contribution in [-0.2, 0) is 11.3 Å². The number of hydrogen-bond donors (Lipinski definition) is 0. The topological polar surface area (TPSA) is 52.6 Å². The van der Waals surface area contributed by atoms with Gasteiger partial charge >= 0.3 is 0 Å². The molecule has 0 spiro atoms. The first-order valence-corrected chi connectivity index (χ1v) is 11.2. The quantitative estimate of drug-likeness (QED) is 0.758. The van der Waals surface area contributed by atoms with Gasteiger partial charge < -0.3 is 14.7 Å². The zero-order valence-electron chi connectivity index (χ0n) is 18.2. The lowest BCUT2D eigenvalue weighted by molar-refractivity contribution is -0.137. The number of rotatable bonds is 5. The van der Waals surface area contributed by atoms with E-state index in [0.29, 0.717) is 11.8 Å². The fourth-order valence-electron chi connectivity index (χ4n) is 4.79. The molecule has 3 heterocycles. The van der Waals surface area contributed by atoms with Crippen LogP contribution in [0.4, 0.5) is 11.6 Å². The summed E-state index contributed by atoms with van der Waals surface area (Å²) < 4.78 is 0. The van der Waals surface area contributed by atoms with Crippen LogP contribution in [0, 0.1) is 11.8 Å². The number of aromatic nitrogens is 2. The van der Waals surface area contributed by atoms with Crippen LogP contribution in [0.1, 0.15) is 37.7 Å². The highest BCUT2D eigenvalue weighted by Gasteiger charge is 2.35. The smallest absolute Gasteiger partial charge is 0.226 e. The normalized spacial score (nSPS) is 20.9. The van der Waals surface area contributed by atoms with E-state index in [9.17, 15) is 4.79 Å². The van der Waals surface area contributed by atoms with Crippen LogP contribution in [0.5, 0.6) is 0 Å². The molecule has 2 aromatic rings. The van der Waals surface area contributed by atoms with Gasteiger partial charge in [-0.3, -0.25) is 4.79 Å². The molecule has 30 heavy (non-hydrogen) atoms. The van der Waals surface area contributed by atoms with E-state index < -0.39 is 0 Å². The van der Waals surface area contributed by atoms with Crippen molar-refractivity contribution in [3.8, 4) is 0 Å². The number of likely N-dealkylation sites (tertiary alicyclic amines) is 1. The van der Waals surface area contributed by atoms with Crippen molar-refractivity contribution >= 4 is 17.5 Å². The number of benzene rings is 1. The molecule has 6 nitrogen and oxygen atoms in total. The number of nitrogens with zero attached hydrogens (tertiary/aromatic N) is 5. The van der Waals surface area contributed by atoms with Crippen LogP contribution in [0.3, 0.4) is 0 Å². The molecular formula is C24H33N5O. The molecule has 160 valence electrons. The summed E-state index contributed by atoms with van der Waals surface area (Å²) in [6.07, 6.45) is 5.40. The van der Waals surface area contributed by atoms with E-state index >= 15 is 0 Å². The van der Waals surface area contributed by atoms with Crippen LogP contribution < -0.4 is 9.80 Å². The maximum Gasteiger partial charge on any atom is 0.226 e. The lowest BCUT2D eigenvalue weighted by Crippen LogP contribution is -2.42. The number of carbonyl (C=O) groups excluding carboxylic acids is 1. The molecule has 4 rings (SSSR count). The molecular weight excluding hydrogens is 374 g/mol.